The second kappa shape index (κ2) is 7.95. The summed E-state index contributed by atoms with van der Waals surface area (Å²) in [6, 6.07) is 11.2. The summed E-state index contributed by atoms with van der Waals surface area (Å²) in [4.78, 5) is 26.2. The molecule has 1 aliphatic rings. The number of carbonyl (C=O) groups is 2. The number of anilines is 1. The van der Waals surface area contributed by atoms with Crippen LogP contribution < -0.4 is 10.6 Å². The lowest BCUT2D eigenvalue weighted by Crippen LogP contribution is -2.47. The van der Waals surface area contributed by atoms with E-state index in [1.54, 1.807) is 0 Å². The molecule has 0 spiro atoms. The number of carbonyl (C=O) groups excluding carboxylic acids is 2. The van der Waals surface area contributed by atoms with Crippen LogP contribution >= 0.6 is 0 Å². The predicted octanol–water partition coefficient (Wildman–Crippen LogP) is 3.28. The van der Waals surface area contributed by atoms with Gasteiger partial charge in [-0.25, -0.2) is 13.6 Å². The highest BCUT2D eigenvalue weighted by Crippen LogP contribution is 2.21. The second-order valence-electron chi connectivity index (χ2n) is 6.11. The van der Waals surface area contributed by atoms with Crippen molar-refractivity contribution in [2.45, 2.75) is 25.4 Å². The molecule has 1 atom stereocenters. The Labute approximate surface area is 150 Å². The Hall–Kier alpha value is -2.96. The van der Waals surface area contributed by atoms with E-state index in [1.165, 1.54) is 4.90 Å². The maximum atomic E-state index is 13.7. The Balaban J connectivity index is 1.61. The number of rotatable bonds is 4. The Morgan fingerprint density at radius 2 is 1.88 bits per heavy atom. The lowest BCUT2D eigenvalue weighted by Gasteiger charge is -2.24. The molecule has 0 aromatic heterocycles. The third-order valence-corrected chi connectivity index (χ3v) is 4.30. The van der Waals surface area contributed by atoms with Gasteiger partial charge in [0.1, 0.15) is 17.7 Å². The van der Waals surface area contributed by atoms with E-state index in [-0.39, 0.29) is 11.6 Å². The van der Waals surface area contributed by atoms with Crippen LogP contribution in [0.5, 0.6) is 0 Å². The summed E-state index contributed by atoms with van der Waals surface area (Å²) in [5.41, 5.74) is 0.843. The zero-order chi connectivity index (χ0) is 18.5. The van der Waals surface area contributed by atoms with Gasteiger partial charge in [0.25, 0.3) is 0 Å². The van der Waals surface area contributed by atoms with Crippen molar-refractivity contribution in [1.29, 1.82) is 0 Å². The van der Waals surface area contributed by atoms with E-state index >= 15 is 0 Å². The van der Waals surface area contributed by atoms with Gasteiger partial charge in [0, 0.05) is 19.2 Å². The van der Waals surface area contributed by atoms with Gasteiger partial charge in [-0.3, -0.25) is 4.79 Å². The molecule has 2 aromatic carbocycles. The van der Waals surface area contributed by atoms with E-state index in [1.807, 2.05) is 30.3 Å². The van der Waals surface area contributed by atoms with Gasteiger partial charge in [0.15, 0.2) is 0 Å². The average molecular weight is 359 g/mol. The van der Waals surface area contributed by atoms with Crippen LogP contribution in [0.1, 0.15) is 18.4 Å². The summed E-state index contributed by atoms with van der Waals surface area (Å²) in [6.07, 6.45) is 1.22. The zero-order valence-electron chi connectivity index (χ0n) is 14.0. The maximum Gasteiger partial charge on any atom is 0.322 e. The van der Waals surface area contributed by atoms with E-state index in [0.29, 0.717) is 32.0 Å². The van der Waals surface area contributed by atoms with Crippen LogP contribution in [0.2, 0.25) is 0 Å². The molecule has 3 amide bonds. The van der Waals surface area contributed by atoms with Crippen LogP contribution in [0, 0.1) is 11.6 Å². The summed E-state index contributed by atoms with van der Waals surface area (Å²) in [5, 5.41) is 5.23. The lowest BCUT2D eigenvalue weighted by atomic mass is 10.2. The highest BCUT2D eigenvalue weighted by molar-refractivity contribution is 5.94. The van der Waals surface area contributed by atoms with Crippen molar-refractivity contribution in [3.8, 4) is 0 Å². The first-order chi connectivity index (χ1) is 12.5. The van der Waals surface area contributed by atoms with Crippen LogP contribution in [-0.2, 0) is 11.3 Å². The lowest BCUT2D eigenvalue weighted by molar-refractivity contribution is -0.124. The van der Waals surface area contributed by atoms with Crippen molar-refractivity contribution in [2.24, 2.45) is 0 Å². The predicted molar refractivity (Wildman–Crippen MR) is 93.4 cm³/mol. The monoisotopic (exact) mass is 359 g/mol. The number of nitrogens with one attached hydrogen (secondary N) is 2. The number of nitrogens with zero attached hydrogens (tertiary/aromatic N) is 1. The number of halogens is 2. The van der Waals surface area contributed by atoms with Crippen LogP contribution in [0.25, 0.3) is 0 Å². The SMILES string of the molecule is O=C(NCc1ccccc1)C1CCCN1C(=O)Nc1ccc(F)cc1F. The van der Waals surface area contributed by atoms with Gasteiger partial charge >= 0.3 is 6.03 Å². The summed E-state index contributed by atoms with van der Waals surface area (Å²) < 4.78 is 26.7. The van der Waals surface area contributed by atoms with Gasteiger partial charge in [-0.15, -0.1) is 0 Å². The highest BCUT2D eigenvalue weighted by atomic mass is 19.1. The van der Waals surface area contributed by atoms with Gasteiger partial charge in [0.05, 0.1) is 5.69 Å². The van der Waals surface area contributed by atoms with E-state index in [2.05, 4.69) is 10.6 Å². The molecule has 0 aliphatic carbocycles. The molecule has 1 saturated heterocycles. The first-order valence-corrected chi connectivity index (χ1v) is 8.39. The molecule has 1 unspecified atom stereocenters. The number of amides is 3. The van der Waals surface area contributed by atoms with Crippen LogP contribution in [0.15, 0.2) is 48.5 Å². The first-order valence-electron chi connectivity index (χ1n) is 8.39. The van der Waals surface area contributed by atoms with Crippen molar-refractivity contribution < 1.29 is 18.4 Å². The Morgan fingerprint density at radius 3 is 2.62 bits per heavy atom. The third-order valence-electron chi connectivity index (χ3n) is 4.30. The number of hydrogen-bond donors (Lipinski definition) is 2. The second-order valence-corrected chi connectivity index (χ2v) is 6.11. The average Bonchev–Trinajstić information content (AvgIpc) is 3.13. The summed E-state index contributed by atoms with van der Waals surface area (Å²) in [5.74, 6) is -1.83. The van der Waals surface area contributed by atoms with Crippen LogP contribution in [0.3, 0.4) is 0 Å². The van der Waals surface area contributed by atoms with Crippen molar-refractivity contribution in [2.75, 3.05) is 11.9 Å². The Morgan fingerprint density at radius 1 is 1.12 bits per heavy atom. The van der Waals surface area contributed by atoms with Crippen molar-refractivity contribution in [1.82, 2.24) is 10.2 Å². The molecular formula is C19H19F2N3O2. The van der Waals surface area contributed by atoms with Crippen molar-refractivity contribution >= 4 is 17.6 Å². The smallest absolute Gasteiger partial charge is 0.322 e. The minimum absolute atomic E-state index is 0.119. The topological polar surface area (TPSA) is 61.4 Å². The molecule has 0 bridgehead atoms. The van der Waals surface area contributed by atoms with E-state index < -0.39 is 23.7 Å². The molecule has 0 radical (unpaired) electrons. The normalized spacial score (nSPS) is 16.4. The van der Waals surface area contributed by atoms with Crippen LogP contribution in [0.4, 0.5) is 19.3 Å². The van der Waals surface area contributed by atoms with E-state index in [9.17, 15) is 18.4 Å². The number of likely N-dealkylation sites (tertiary alicyclic amines) is 1. The van der Waals surface area contributed by atoms with Gasteiger partial charge < -0.3 is 15.5 Å². The minimum Gasteiger partial charge on any atom is -0.350 e. The first kappa shape index (κ1) is 17.8. The number of urea groups is 1. The number of benzene rings is 2. The molecule has 1 fully saturated rings. The fraction of sp³-hybridized carbons (Fsp3) is 0.263. The van der Waals surface area contributed by atoms with Gasteiger partial charge in [-0.05, 0) is 30.5 Å². The molecule has 7 heteroatoms. The van der Waals surface area contributed by atoms with E-state index in [0.717, 1.165) is 17.7 Å². The standard InChI is InChI=1S/C19H19F2N3O2/c20-14-8-9-16(15(21)11-14)23-19(26)24-10-4-7-17(24)18(25)22-12-13-5-2-1-3-6-13/h1-3,5-6,8-9,11,17H,4,7,10,12H2,(H,22,25)(H,23,26). The number of hydrogen-bond acceptors (Lipinski definition) is 2. The van der Waals surface area contributed by atoms with Gasteiger partial charge in [-0.1, -0.05) is 30.3 Å². The van der Waals surface area contributed by atoms with Crippen molar-refractivity contribution in [3.05, 3.63) is 65.7 Å². The quantitative estimate of drug-likeness (QED) is 0.880. The summed E-state index contributed by atoms with van der Waals surface area (Å²) in [7, 11) is 0. The molecule has 2 N–H and O–H groups in total. The molecule has 2 aromatic rings. The van der Waals surface area contributed by atoms with Gasteiger partial charge in [-0.2, -0.15) is 0 Å². The highest BCUT2D eigenvalue weighted by Gasteiger charge is 2.34. The Bertz CT molecular complexity index is 799. The zero-order valence-corrected chi connectivity index (χ0v) is 14.0. The fourth-order valence-electron chi connectivity index (χ4n) is 2.96. The van der Waals surface area contributed by atoms with Crippen LogP contribution in [-0.4, -0.2) is 29.4 Å². The Kier molecular flexibility index (Phi) is 5.46. The molecule has 1 aliphatic heterocycles. The third kappa shape index (κ3) is 4.17. The van der Waals surface area contributed by atoms with E-state index in [4.69, 9.17) is 0 Å². The minimum atomic E-state index is -0.859. The van der Waals surface area contributed by atoms with Gasteiger partial charge in [0.2, 0.25) is 5.91 Å². The summed E-state index contributed by atoms with van der Waals surface area (Å²) >= 11 is 0. The maximum absolute atomic E-state index is 13.7. The van der Waals surface area contributed by atoms with Crippen molar-refractivity contribution in [3.63, 3.8) is 0 Å². The molecule has 1 heterocycles. The molecular weight excluding hydrogens is 340 g/mol. The molecule has 0 saturated carbocycles. The summed E-state index contributed by atoms with van der Waals surface area (Å²) in [6.45, 7) is 0.774. The fourth-order valence-corrected chi connectivity index (χ4v) is 2.96. The molecule has 136 valence electrons. The molecule has 5 nitrogen and oxygen atoms in total. The largest absolute Gasteiger partial charge is 0.350 e. The molecule has 26 heavy (non-hydrogen) atoms. The molecule has 3 rings (SSSR count).